The molecule has 96 valence electrons. The molecule has 0 aromatic heterocycles. The highest BCUT2D eigenvalue weighted by Crippen LogP contribution is 2.28. The zero-order valence-electron chi connectivity index (χ0n) is 10.7. The maximum Gasteiger partial charge on any atom is 0.245 e. The van der Waals surface area contributed by atoms with Gasteiger partial charge in [-0.1, -0.05) is 25.7 Å². The van der Waals surface area contributed by atoms with Crippen LogP contribution in [0.5, 0.6) is 0 Å². The Balaban J connectivity index is 1.92. The highest BCUT2D eigenvalue weighted by molar-refractivity contribution is 5.96. The molecule has 0 radical (unpaired) electrons. The van der Waals surface area contributed by atoms with Crippen molar-refractivity contribution in [1.29, 1.82) is 0 Å². The third-order valence-corrected chi connectivity index (χ3v) is 4.11. The van der Waals surface area contributed by atoms with E-state index in [0.717, 1.165) is 18.9 Å². The van der Waals surface area contributed by atoms with Gasteiger partial charge in [-0.2, -0.15) is 0 Å². The number of amides is 2. The number of piperazine rings is 1. The van der Waals surface area contributed by atoms with Gasteiger partial charge >= 0.3 is 0 Å². The Labute approximate surface area is 103 Å². The molecule has 2 atom stereocenters. The van der Waals surface area contributed by atoms with Crippen LogP contribution in [0.4, 0.5) is 0 Å². The summed E-state index contributed by atoms with van der Waals surface area (Å²) in [5, 5.41) is 2.71. The molecule has 1 saturated heterocycles. The lowest BCUT2D eigenvalue weighted by atomic mass is 10.0. The van der Waals surface area contributed by atoms with E-state index in [1.54, 1.807) is 11.8 Å². The van der Waals surface area contributed by atoms with Crippen molar-refractivity contribution in [3.05, 3.63) is 0 Å². The fraction of sp³-hybridized carbons (Fsp3) is 0.846. The van der Waals surface area contributed by atoms with E-state index in [0.29, 0.717) is 0 Å². The van der Waals surface area contributed by atoms with Crippen LogP contribution in [0.25, 0.3) is 0 Å². The molecule has 2 amide bonds. The maximum atomic E-state index is 12.0. The van der Waals surface area contributed by atoms with Gasteiger partial charge in [0.25, 0.3) is 0 Å². The largest absolute Gasteiger partial charge is 0.343 e. The van der Waals surface area contributed by atoms with Gasteiger partial charge in [-0.3, -0.25) is 9.59 Å². The van der Waals surface area contributed by atoms with E-state index in [1.165, 1.54) is 25.7 Å². The predicted octanol–water partition coefficient (Wildman–Crippen LogP) is 1.30. The summed E-state index contributed by atoms with van der Waals surface area (Å²) in [7, 11) is 0. The number of nitrogens with one attached hydrogen (secondary N) is 1. The summed E-state index contributed by atoms with van der Waals surface area (Å²) >= 11 is 0. The standard InChI is InChI=1S/C13H22N2O2/c1-9-13(17)15(10(2)12(16)14-9)8-7-11-5-3-4-6-11/h9-11H,3-8H2,1-2H3,(H,14,16). The van der Waals surface area contributed by atoms with Crippen molar-refractivity contribution in [2.45, 2.75) is 58.0 Å². The molecule has 0 spiro atoms. The molecule has 1 aliphatic carbocycles. The van der Waals surface area contributed by atoms with E-state index in [9.17, 15) is 9.59 Å². The summed E-state index contributed by atoms with van der Waals surface area (Å²) in [5.41, 5.74) is 0. The molecule has 1 aliphatic heterocycles. The highest BCUT2D eigenvalue weighted by atomic mass is 16.2. The average Bonchev–Trinajstić information content (AvgIpc) is 2.79. The molecule has 1 saturated carbocycles. The van der Waals surface area contributed by atoms with Crippen molar-refractivity contribution in [2.75, 3.05) is 6.54 Å². The van der Waals surface area contributed by atoms with Gasteiger partial charge in [0.2, 0.25) is 11.8 Å². The molecule has 2 rings (SSSR count). The van der Waals surface area contributed by atoms with Crippen LogP contribution in [0.2, 0.25) is 0 Å². The zero-order valence-corrected chi connectivity index (χ0v) is 10.7. The molecule has 0 bridgehead atoms. The van der Waals surface area contributed by atoms with Crippen LogP contribution < -0.4 is 5.32 Å². The number of hydrogen-bond donors (Lipinski definition) is 1. The van der Waals surface area contributed by atoms with Crippen molar-refractivity contribution in [3.63, 3.8) is 0 Å². The van der Waals surface area contributed by atoms with Crippen molar-refractivity contribution in [2.24, 2.45) is 5.92 Å². The summed E-state index contributed by atoms with van der Waals surface area (Å²) in [6, 6.07) is -0.664. The number of nitrogens with zero attached hydrogens (tertiary/aromatic N) is 1. The minimum absolute atomic E-state index is 0.0245. The lowest BCUT2D eigenvalue weighted by Crippen LogP contribution is -2.61. The Morgan fingerprint density at radius 2 is 1.88 bits per heavy atom. The quantitative estimate of drug-likeness (QED) is 0.805. The number of carbonyl (C=O) groups is 2. The fourth-order valence-corrected chi connectivity index (χ4v) is 2.90. The minimum Gasteiger partial charge on any atom is -0.343 e. The van der Waals surface area contributed by atoms with Crippen LogP contribution in [0.15, 0.2) is 0 Å². The van der Waals surface area contributed by atoms with Crippen molar-refractivity contribution >= 4 is 11.8 Å². The predicted molar refractivity (Wildman–Crippen MR) is 65.4 cm³/mol. The van der Waals surface area contributed by atoms with Crippen molar-refractivity contribution < 1.29 is 9.59 Å². The average molecular weight is 238 g/mol. The zero-order chi connectivity index (χ0) is 12.4. The van der Waals surface area contributed by atoms with Crippen LogP contribution in [-0.4, -0.2) is 35.3 Å². The van der Waals surface area contributed by atoms with Gasteiger partial charge in [-0.25, -0.2) is 0 Å². The second-order valence-corrected chi connectivity index (χ2v) is 5.38. The monoisotopic (exact) mass is 238 g/mol. The van der Waals surface area contributed by atoms with Crippen LogP contribution in [-0.2, 0) is 9.59 Å². The molecule has 2 unspecified atom stereocenters. The van der Waals surface area contributed by atoms with E-state index < -0.39 is 0 Å². The van der Waals surface area contributed by atoms with Crippen LogP contribution in [0.3, 0.4) is 0 Å². The van der Waals surface area contributed by atoms with Gasteiger partial charge in [0.05, 0.1) is 0 Å². The highest BCUT2D eigenvalue weighted by Gasteiger charge is 2.35. The first kappa shape index (κ1) is 12.4. The molecule has 4 heteroatoms. The van der Waals surface area contributed by atoms with Gasteiger partial charge < -0.3 is 10.2 Å². The second-order valence-electron chi connectivity index (χ2n) is 5.38. The smallest absolute Gasteiger partial charge is 0.245 e. The van der Waals surface area contributed by atoms with E-state index in [2.05, 4.69) is 5.32 Å². The van der Waals surface area contributed by atoms with Crippen LogP contribution in [0.1, 0.15) is 46.0 Å². The summed E-state index contributed by atoms with van der Waals surface area (Å²) < 4.78 is 0. The summed E-state index contributed by atoms with van der Waals surface area (Å²) in [6.45, 7) is 4.31. The Kier molecular flexibility index (Phi) is 3.69. The Hall–Kier alpha value is -1.06. The van der Waals surface area contributed by atoms with E-state index in [1.807, 2.05) is 6.92 Å². The molecule has 0 aromatic rings. The van der Waals surface area contributed by atoms with Gasteiger partial charge in [0, 0.05) is 6.54 Å². The molecule has 4 nitrogen and oxygen atoms in total. The van der Waals surface area contributed by atoms with Gasteiger partial charge in [-0.05, 0) is 26.2 Å². The van der Waals surface area contributed by atoms with Gasteiger partial charge in [0.1, 0.15) is 12.1 Å². The number of carbonyl (C=O) groups excluding carboxylic acids is 2. The Morgan fingerprint density at radius 1 is 1.24 bits per heavy atom. The topological polar surface area (TPSA) is 49.4 Å². The molecular formula is C13H22N2O2. The lowest BCUT2D eigenvalue weighted by Gasteiger charge is -2.36. The van der Waals surface area contributed by atoms with Gasteiger partial charge in [-0.15, -0.1) is 0 Å². The van der Waals surface area contributed by atoms with Crippen LogP contribution >= 0.6 is 0 Å². The molecule has 2 aliphatic rings. The molecule has 0 aromatic carbocycles. The normalized spacial score (nSPS) is 30.8. The second kappa shape index (κ2) is 5.07. The molecule has 1 N–H and O–H groups in total. The van der Waals surface area contributed by atoms with Crippen LogP contribution in [0, 0.1) is 5.92 Å². The third-order valence-electron chi connectivity index (χ3n) is 4.11. The fourth-order valence-electron chi connectivity index (χ4n) is 2.90. The lowest BCUT2D eigenvalue weighted by molar-refractivity contribution is -0.148. The van der Waals surface area contributed by atoms with E-state index in [-0.39, 0.29) is 23.9 Å². The number of rotatable bonds is 3. The Bertz CT molecular complexity index is 311. The Morgan fingerprint density at radius 3 is 2.53 bits per heavy atom. The summed E-state index contributed by atoms with van der Waals surface area (Å²) in [5.74, 6) is 0.800. The molecule has 1 heterocycles. The van der Waals surface area contributed by atoms with Crippen molar-refractivity contribution in [1.82, 2.24) is 10.2 Å². The third kappa shape index (κ3) is 2.61. The first-order valence-corrected chi connectivity index (χ1v) is 6.70. The summed E-state index contributed by atoms with van der Waals surface area (Å²) in [6.07, 6.45) is 6.28. The molecule has 2 fully saturated rings. The number of hydrogen-bond acceptors (Lipinski definition) is 2. The molecule has 17 heavy (non-hydrogen) atoms. The maximum absolute atomic E-state index is 12.0. The van der Waals surface area contributed by atoms with E-state index >= 15 is 0 Å². The SMILES string of the molecule is CC1NC(=O)C(C)N(CCC2CCCC2)C1=O. The molecular weight excluding hydrogens is 216 g/mol. The van der Waals surface area contributed by atoms with Gasteiger partial charge in [0.15, 0.2) is 0 Å². The first-order valence-electron chi connectivity index (χ1n) is 6.70. The first-order chi connectivity index (χ1) is 8.09. The van der Waals surface area contributed by atoms with Crippen molar-refractivity contribution in [3.8, 4) is 0 Å². The van der Waals surface area contributed by atoms with E-state index in [4.69, 9.17) is 0 Å². The summed E-state index contributed by atoms with van der Waals surface area (Å²) in [4.78, 5) is 25.4. The minimum atomic E-state index is -0.359.